The monoisotopic (exact) mass is 644 g/mol. The van der Waals surface area contributed by atoms with Gasteiger partial charge in [-0.1, -0.05) is 78.9 Å². The van der Waals surface area contributed by atoms with Gasteiger partial charge in [-0.05, 0) is 71.7 Å². The van der Waals surface area contributed by atoms with Crippen molar-refractivity contribution in [3.05, 3.63) is 138 Å². The van der Waals surface area contributed by atoms with Crippen LogP contribution < -0.4 is 10.1 Å². The number of nitrogens with zero attached hydrogens (tertiary/aromatic N) is 2. The van der Waals surface area contributed by atoms with Crippen LogP contribution in [0.5, 0.6) is 5.75 Å². The number of hydrogen-bond acceptors (Lipinski definition) is 5. The van der Waals surface area contributed by atoms with Crippen LogP contribution in [-0.2, 0) is 22.3 Å². The van der Waals surface area contributed by atoms with E-state index in [-0.39, 0.29) is 36.1 Å². The summed E-state index contributed by atoms with van der Waals surface area (Å²) in [6, 6.07) is 31.1. The molecule has 0 bridgehead atoms. The SMILES string of the molecule is CCOc1cccc(Nc2ccc(C(=C3C=CC(=NCC[O])C=C3)c3c(-c4ccccc4)n(C)c4ccccc34)cc2)c1S(=O)(=O)O. The van der Waals surface area contributed by atoms with E-state index in [0.29, 0.717) is 5.69 Å². The van der Waals surface area contributed by atoms with Gasteiger partial charge in [0.15, 0.2) is 4.90 Å². The highest BCUT2D eigenvalue weighted by atomic mass is 32.2. The summed E-state index contributed by atoms with van der Waals surface area (Å²) in [5, 5.41) is 15.3. The number of fused-ring (bicyclic) bond motifs is 1. The van der Waals surface area contributed by atoms with Crippen LogP contribution in [-0.4, -0.2) is 43.0 Å². The average molecular weight is 645 g/mol. The fourth-order valence-electron chi connectivity index (χ4n) is 5.97. The number of anilines is 2. The molecule has 47 heavy (non-hydrogen) atoms. The zero-order valence-corrected chi connectivity index (χ0v) is 26.9. The summed E-state index contributed by atoms with van der Waals surface area (Å²) in [5.41, 5.74) is 8.77. The molecule has 0 unspecified atom stereocenters. The first-order valence-electron chi connectivity index (χ1n) is 15.3. The molecule has 9 heteroatoms. The first kappa shape index (κ1) is 31.7. The average Bonchev–Trinajstić information content (AvgIpc) is 3.37. The number of rotatable bonds is 10. The standard InChI is InChI=1S/C38H34N3O5S/c1-3-46-34-15-9-13-32(38(34)47(43,44)45)40-30-22-18-27(19-23-30)35(26-16-20-29(21-17-26)39-24-25-42)36-31-12-7-8-14-33(31)41(2)37(36)28-10-5-4-6-11-28/h4-23,40H,3,24-25H2,1-2H3,(H,43,44,45). The molecule has 0 saturated heterocycles. The molecule has 4 aromatic carbocycles. The minimum absolute atomic E-state index is 0.0714. The van der Waals surface area contributed by atoms with E-state index >= 15 is 0 Å². The van der Waals surface area contributed by atoms with Crippen LogP contribution in [0.3, 0.4) is 0 Å². The van der Waals surface area contributed by atoms with E-state index in [2.05, 4.69) is 46.2 Å². The summed E-state index contributed by atoms with van der Waals surface area (Å²) in [6.45, 7) is 1.94. The molecular formula is C38H34N3O5S. The fourth-order valence-corrected chi connectivity index (χ4v) is 6.75. The smallest absolute Gasteiger partial charge is 0.300 e. The van der Waals surface area contributed by atoms with Gasteiger partial charge in [-0.2, -0.15) is 8.42 Å². The van der Waals surface area contributed by atoms with E-state index in [0.717, 1.165) is 50.1 Å². The second kappa shape index (κ2) is 13.6. The van der Waals surface area contributed by atoms with Crippen LogP contribution in [0.1, 0.15) is 18.1 Å². The van der Waals surface area contributed by atoms with Crippen molar-refractivity contribution in [3.63, 3.8) is 0 Å². The van der Waals surface area contributed by atoms with Gasteiger partial charge in [-0.25, -0.2) is 5.11 Å². The Hall–Kier alpha value is -5.22. The Bertz CT molecular complexity index is 2140. The number of aryl methyl sites for hydroxylation is 1. The molecule has 0 saturated carbocycles. The number of allylic oxidation sites excluding steroid dienone is 5. The molecule has 1 aromatic heterocycles. The maximum atomic E-state index is 12.3. The van der Waals surface area contributed by atoms with E-state index in [1.54, 1.807) is 19.1 Å². The van der Waals surface area contributed by atoms with Gasteiger partial charge in [0.2, 0.25) is 0 Å². The molecule has 1 aliphatic carbocycles. The third-order valence-corrected chi connectivity index (χ3v) is 8.87. The zero-order chi connectivity index (χ0) is 33.0. The molecule has 0 amide bonds. The molecule has 5 aromatic rings. The number of para-hydroxylation sites is 1. The minimum Gasteiger partial charge on any atom is -0.492 e. The topological polar surface area (TPSA) is 113 Å². The molecule has 1 heterocycles. The molecule has 1 radical (unpaired) electrons. The summed E-state index contributed by atoms with van der Waals surface area (Å²) >= 11 is 0. The van der Waals surface area contributed by atoms with Crippen molar-refractivity contribution in [2.75, 3.05) is 25.1 Å². The second-order valence-electron chi connectivity index (χ2n) is 10.9. The number of aromatic nitrogens is 1. The summed E-state index contributed by atoms with van der Waals surface area (Å²) in [6.07, 6.45) is 7.91. The van der Waals surface area contributed by atoms with Gasteiger partial charge in [-0.3, -0.25) is 9.55 Å². The van der Waals surface area contributed by atoms with E-state index in [1.807, 2.05) is 78.9 Å². The normalized spacial score (nSPS) is 12.9. The Morgan fingerprint density at radius 3 is 2.26 bits per heavy atom. The molecule has 6 rings (SSSR count). The van der Waals surface area contributed by atoms with Gasteiger partial charge < -0.3 is 14.6 Å². The van der Waals surface area contributed by atoms with E-state index in [4.69, 9.17) is 4.74 Å². The Morgan fingerprint density at radius 2 is 1.57 bits per heavy atom. The lowest BCUT2D eigenvalue weighted by Crippen LogP contribution is -2.07. The maximum absolute atomic E-state index is 12.3. The Kier molecular flexibility index (Phi) is 9.22. The highest BCUT2D eigenvalue weighted by Gasteiger charge is 2.24. The van der Waals surface area contributed by atoms with Gasteiger partial charge in [-0.15, -0.1) is 0 Å². The number of ether oxygens (including phenoxy) is 1. The third kappa shape index (κ3) is 6.55. The summed E-state index contributed by atoms with van der Waals surface area (Å²) < 4.78 is 42.4. The predicted molar refractivity (Wildman–Crippen MR) is 188 cm³/mol. The molecule has 0 aliphatic heterocycles. The van der Waals surface area contributed by atoms with Gasteiger partial charge in [0.25, 0.3) is 10.1 Å². The van der Waals surface area contributed by atoms with Gasteiger partial charge in [0.1, 0.15) is 12.4 Å². The van der Waals surface area contributed by atoms with Crippen LogP contribution in [0, 0.1) is 0 Å². The largest absolute Gasteiger partial charge is 0.492 e. The van der Waals surface area contributed by atoms with Crippen LogP contribution in [0.4, 0.5) is 11.4 Å². The maximum Gasteiger partial charge on any atom is 0.300 e. The van der Waals surface area contributed by atoms with Crippen molar-refractivity contribution < 1.29 is 22.8 Å². The highest BCUT2D eigenvalue weighted by Crippen LogP contribution is 2.43. The first-order valence-corrected chi connectivity index (χ1v) is 16.7. The molecule has 8 nitrogen and oxygen atoms in total. The molecule has 0 fully saturated rings. The van der Waals surface area contributed by atoms with Crippen molar-refractivity contribution in [2.24, 2.45) is 12.0 Å². The zero-order valence-electron chi connectivity index (χ0n) is 26.1. The minimum atomic E-state index is -4.58. The second-order valence-corrected chi connectivity index (χ2v) is 12.3. The summed E-state index contributed by atoms with van der Waals surface area (Å²) in [7, 11) is -2.50. The Labute approximate surface area is 274 Å². The van der Waals surface area contributed by atoms with Crippen LogP contribution in [0.15, 0.2) is 137 Å². The number of aliphatic imine (C=N–C) groups is 1. The lowest BCUT2D eigenvalue weighted by atomic mass is 9.87. The fraction of sp³-hybridized carbons (Fsp3) is 0.132. The molecule has 1 aliphatic rings. The summed E-state index contributed by atoms with van der Waals surface area (Å²) in [4.78, 5) is 4.06. The van der Waals surface area contributed by atoms with Crippen molar-refractivity contribution in [3.8, 4) is 17.0 Å². The summed E-state index contributed by atoms with van der Waals surface area (Å²) in [5.74, 6) is 0.0714. The molecule has 237 valence electrons. The van der Waals surface area contributed by atoms with Crippen LogP contribution in [0.2, 0.25) is 0 Å². The van der Waals surface area contributed by atoms with Crippen molar-refractivity contribution in [1.82, 2.24) is 4.57 Å². The molecular weight excluding hydrogens is 611 g/mol. The van der Waals surface area contributed by atoms with Gasteiger partial charge >= 0.3 is 0 Å². The third-order valence-electron chi connectivity index (χ3n) is 7.94. The molecule has 2 N–H and O–H groups in total. The lowest BCUT2D eigenvalue weighted by molar-refractivity contribution is 0.203. The van der Waals surface area contributed by atoms with Crippen LogP contribution in [0.25, 0.3) is 27.7 Å². The van der Waals surface area contributed by atoms with Gasteiger partial charge in [0, 0.05) is 29.2 Å². The lowest BCUT2D eigenvalue weighted by Gasteiger charge is -2.18. The van der Waals surface area contributed by atoms with Crippen molar-refractivity contribution in [1.29, 1.82) is 0 Å². The van der Waals surface area contributed by atoms with E-state index < -0.39 is 10.1 Å². The van der Waals surface area contributed by atoms with E-state index in [1.165, 1.54) is 6.07 Å². The Morgan fingerprint density at radius 1 is 0.872 bits per heavy atom. The number of hydrogen-bond donors (Lipinski definition) is 2. The Balaban J connectivity index is 1.52. The van der Waals surface area contributed by atoms with Crippen molar-refractivity contribution in [2.45, 2.75) is 11.8 Å². The number of nitrogens with one attached hydrogen (secondary N) is 1. The van der Waals surface area contributed by atoms with E-state index in [9.17, 15) is 18.1 Å². The molecule has 0 spiro atoms. The van der Waals surface area contributed by atoms with Crippen molar-refractivity contribution >= 4 is 43.7 Å². The quantitative estimate of drug-likeness (QED) is 0.150. The highest BCUT2D eigenvalue weighted by molar-refractivity contribution is 7.86. The molecule has 0 atom stereocenters. The van der Waals surface area contributed by atoms with Gasteiger partial charge in [0.05, 0.1) is 30.2 Å². The predicted octanol–water partition coefficient (Wildman–Crippen LogP) is 8.03. The first-order chi connectivity index (χ1) is 22.8. The number of benzene rings is 4. The van der Waals surface area contributed by atoms with Crippen LogP contribution >= 0.6 is 0 Å².